The number of halogens is 2. The summed E-state index contributed by atoms with van der Waals surface area (Å²) in [6.07, 6.45) is 0. The summed E-state index contributed by atoms with van der Waals surface area (Å²) in [6.45, 7) is 2.43. The molecule has 6 heteroatoms. The lowest BCUT2D eigenvalue weighted by Crippen LogP contribution is -2.25. The second kappa shape index (κ2) is 6.97. The molecule has 0 radical (unpaired) electrons. The number of carboxylic acid groups (broad SMARTS) is 1. The number of hydrogen-bond acceptors (Lipinski definition) is 3. The summed E-state index contributed by atoms with van der Waals surface area (Å²) in [7, 11) is 0. The Morgan fingerprint density at radius 3 is 2.15 bits per heavy atom. The zero-order chi connectivity index (χ0) is 10.3. The number of hydrazone groups is 1. The fourth-order valence-electron chi connectivity index (χ4n) is 0.662. The molecule has 0 atom stereocenters. The molecule has 0 aliphatic rings. The molecular formula is C7H12Cl2N2O2. The maximum absolute atomic E-state index is 10.4. The Labute approximate surface area is 87.1 Å². The van der Waals surface area contributed by atoms with Crippen LogP contribution in [-0.4, -0.2) is 46.6 Å². The van der Waals surface area contributed by atoms with Gasteiger partial charge in [-0.05, 0) is 6.92 Å². The van der Waals surface area contributed by atoms with Crippen molar-refractivity contribution < 1.29 is 9.90 Å². The number of aliphatic carboxylic acids is 1. The van der Waals surface area contributed by atoms with Crippen LogP contribution in [0.15, 0.2) is 5.10 Å². The Morgan fingerprint density at radius 1 is 1.38 bits per heavy atom. The molecule has 0 unspecified atom stereocenters. The van der Waals surface area contributed by atoms with Crippen LogP contribution >= 0.6 is 23.2 Å². The highest BCUT2D eigenvalue weighted by Crippen LogP contribution is 1.94. The number of rotatable bonds is 6. The molecule has 0 fully saturated rings. The van der Waals surface area contributed by atoms with Crippen molar-refractivity contribution in [1.29, 1.82) is 0 Å². The van der Waals surface area contributed by atoms with Gasteiger partial charge in [-0.2, -0.15) is 5.10 Å². The van der Waals surface area contributed by atoms with E-state index >= 15 is 0 Å². The molecule has 1 N–H and O–H groups in total. The zero-order valence-corrected chi connectivity index (χ0v) is 8.85. The molecule has 0 amide bonds. The van der Waals surface area contributed by atoms with Crippen molar-refractivity contribution in [3.63, 3.8) is 0 Å². The van der Waals surface area contributed by atoms with Gasteiger partial charge in [-0.15, -0.1) is 23.2 Å². The summed E-state index contributed by atoms with van der Waals surface area (Å²) in [6, 6.07) is 0. The quantitative estimate of drug-likeness (QED) is 0.421. The third-order valence-corrected chi connectivity index (χ3v) is 1.62. The van der Waals surface area contributed by atoms with E-state index in [-0.39, 0.29) is 5.71 Å². The molecule has 4 nitrogen and oxygen atoms in total. The topological polar surface area (TPSA) is 52.9 Å². The number of nitrogens with zero attached hydrogens (tertiary/aromatic N) is 2. The van der Waals surface area contributed by atoms with Crippen molar-refractivity contribution in [2.75, 3.05) is 24.8 Å². The van der Waals surface area contributed by atoms with E-state index in [4.69, 9.17) is 28.3 Å². The van der Waals surface area contributed by atoms with Crippen molar-refractivity contribution >= 4 is 34.9 Å². The van der Waals surface area contributed by atoms with Gasteiger partial charge in [-0.1, -0.05) is 0 Å². The molecule has 13 heavy (non-hydrogen) atoms. The van der Waals surface area contributed by atoms with Gasteiger partial charge in [0.1, 0.15) is 5.71 Å². The maximum Gasteiger partial charge on any atom is 0.351 e. The van der Waals surface area contributed by atoms with Crippen molar-refractivity contribution in [2.24, 2.45) is 5.10 Å². The number of carboxylic acids is 1. The van der Waals surface area contributed by atoms with Crippen molar-refractivity contribution in [3.8, 4) is 0 Å². The first-order valence-corrected chi connectivity index (χ1v) is 4.84. The summed E-state index contributed by atoms with van der Waals surface area (Å²) in [4.78, 5) is 10.4. The van der Waals surface area contributed by atoms with Gasteiger partial charge in [0.2, 0.25) is 0 Å². The lowest BCUT2D eigenvalue weighted by Gasteiger charge is -2.16. The van der Waals surface area contributed by atoms with Gasteiger partial charge in [-0.25, -0.2) is 4.79 Å². The smallest absolute Gasteiger partial charge is 0.351 e. The first-order chi connectivity index (χ1) is 6.11. The number of hydrogen-bond donors (Lipinski definition) is 1. The van der Waals surface area contributed by atoms with Crippen molar-refractivity contribution in [3.05, 3.63) is 0 Å². The minimum atomic E-state index is -1.03. The number of alkyl halides is 2. The minimum absolute atomic E-state index is 0.0373. The fraction of sp³-hybridized carbons (Fsp3) is 0.714. The Morgan fingerprint density at radius 2 is 1.85 bits per heavy atom. The molecule has 0 spiro atoms. The second-order valence-corrected chi connectivity index (χ2v) is 3.08. The van der Waals surface area contributed by atoms with Crippen LogP contribution in [0.4, 0.5) is 0 Å². The van der Waals surface area contributed by atoms with E-state index in [0.717, 1.165) is 0 Å². The predicted octanol–water partition coefficient (Wildman–Crippen LogP) is 1.23. The summed E-state index contributed by atoms with van der Waals surface area (Å²) in [5, 5.41) is 13.9. The minimum Gasteiger partial charge on any atom is -0.477 e. The summed E-state index contributed by atoms with van der Waals surface area (Å²) >= 11 is 11.0. The van der Waals surface area contributed by atoms with Crippen molar-refractivity contribution in [2.45, 2.75) is 6.92 Å². The molecule has 0 aliphatic heterocycles. The van der Waals surface area contributed by atoms with E-state index in [1.165, 1.54) is 6.92 Å². The molecule has 0 bridgehead atoms. The molecule has 76 valence electrons. The maximum atomic E-state index is 10.4. The van der Waals surface area contributed by atoms with E-state index < -0.39 is 5.97 Å². The summed E-state index contributed by atoms with van der Waals surface area (Å²) < 4.78 is 0. The molecule has 0 heterocycles. The van der Waals surface area contributed by atoms with Gasteiger partial charge in [0.15, 0.2) is 0 Å². The van der Waals surface area contributed by atoms with Crippen LogP contribution in [-0.2, 0) is 4.79 Å². The summed E-state index contributed by atoms with van der Waals surface area (Å²) in [5.41, 5.74) is 0.0373. The first-order valence-electron chi connectivity index (χ1n) is 3.77. The van der Waals surface area contributed by atoms with Crippen LogP contribution in [0, 0.1) is 0 Å². The molecule has 0 aromatic rings. The predicted molar refractivity (Wildman–Crippen MR) is 53.8 cm³/mol. The second-order valence-electron chi connectivity index (χ2n) is 2.32. The summed E-state index contributed by atoms with van der Waals surface area (Å²) in [5.74, 6) is -0.241. The van der Waals surface area contributed by atoms with Crippen LogP contribution in [0.5, 0.6) is 0 Å². The first kappa shape index (κ1) is 12.5. The van der Waals surface area contributed by atoms with Crippen LogP contribution < -0.4 is 0 Å². The number of carbonyl (C=O) groups is 1. The molecule has 0 rings (SSSR count). The van der Waals surface area contributed by atoms with Gasteiger partial charge >= 0.3 is 5.97 Å². The SMILES string of the molecule is CC(=NN(CCCl)CCCl)C(=O)O. The Kier molecular flexibility index (Phi) is 6.72. The van der Waals surface area contributed by atoms with E-state index in [1.54, 1.807) is 5.01 Å². The standard InChI is InChI=1S/C7H12Cl2N2O2/c1-6(7(12)13)10-11(4-2-8)5-3-9/h2-5H2,1H3,(H,12,13). The Balaban J connectivity index is 4.20. The molecule has 0 saturated carbocycles. The van der Waals surface area contributed by atoms with Gasteiger partial charge in [0, 0.05) is 24.8 Å². The third-order valence-electron chi connectivity index (χ3n) is 1.29. The lowest BCUT2D eigenvalue weighted by molar-refractivity contribution is -0.129. The van der Waals surface area contributed by atoms with Gasteiger partial charge in [0.05, 0.1) is 0 Å². The van der Waals surface area contributed by atoms with E-state index in [0.29, 0.717) is 24.8 Å². The monoisotopic (exact) mass is 226 g/mol. The molecule has 0 aromatic carbocycles. The highest BCUT2D eigenvalue weighted by molar-refractivity contribution is 6.34. The third kappa shape index (κ3) is 5.71. The molecule has 0 saturated heterocycles. The van der Waals surface area contributed by atoms with Crippen LogP contribution in [0.1, 0.15) is 6.92 Å². The van der Waals surface area contributed by atoms with E-state index in [2.05, 4.69) is 5.10 Å². The van der Waals surface area contributed by atoms with Crippen LogP contribution in [0.3, 0.4) is 0 Å². The zero-order valence-electron chi connectivity index (χ0n) is 7.33. The van der Waals surface area contributed by atoms with E-state index in [9.17, 15) is 4.79 Å². The van der Waals surface area contributed by atoms with Crippen LogP contribution in [0.2, 0.25) is 0 Å². The van der Waals surface area contributed by atoms with Crippen LogP contribution in [0.25, 0.3) is 0 Å². The highest BCUT2D eigenvalue weighted by Gasteiger charge is 2.05. The average Bonchev–Trinajstić information content (AvgIpc) is 2.05. The van der Waals surface area contributed by atoms with E-state index in [1.807, 2.05) is 0 Å². The lowest BCUT2D eigenvalue weighted by atomic mass is 10.4. The Bertz CT molecular complexity index is 191. The molecule has 0 aliphatic carbocycles. The molecular weight excluding hydrogens is 215 g/mol. The van der Waals surface area contributed by atoms with Gasteiger partial charge in [-0.3, -0.25) is 5.01 Å². The van der Waals surface area contributed by atoms with Gasteiger partial charge in [0.25, 0.3) is 0 Å². The van der Waals surface area contributed by atoms with Gasteiger partial charge < -0.3 is 5.11 Å². The average molecular weight is 227 g/mol. The highest BCUT2D eigenvalue weighted by atomic mass is 35.5. The largest absolute Gasteiger partial charge is 0.477 e. The molecule has 0 aromatic heterocycles. The Hall–Kier alpha value is -0.480. The van der Waals surface area contributed by atoms with Crippen molar-refractivity contribution in [1.82, 2.24) is 5.01 Å². The normalized spacial score (nSPS) is 11.5. The fourth-order valence-corrected chi connectivity index (χ4v) is 1.05.